The van der Waals surface area contributed by atoms with E-state index in [1.54, 1.807) is 6.07 Å². The first kappa shape index (κ1) is 33.7. The third-order valence-corrected chi connectivity index (χ3v) is 8.43. The predicted octanol–water partition coefficient (Wildman–Crippen LogP) is 6.88. The van der Waals surface area contributed by atoms with Gasteiger partial charge in [-0.15, -0.1) is 0 Å². The third-order valence-electron chi connectivity index (χ3n) is 8.43. The lowest BCUT2D eigenvalue weighted by Crippen LogP contribution is -2.44. The van der Waals surface area contributed by atoms with Crippen molar-refractivity contribution in [2.75, 3.05) is 63.6 Å². The highest BCUT2D eigenvalue weighted by Gasteiger charge is 2.21. The number of piperazine rings is 1. The van der Waals surface area contributed by atoms with Crippen LogP contribution in [0.2, 0.25) is 0 Å². The number of nitrogens with one attached hydrogen (secondary N) is 1. The second-order valence-electron chi connectivity index (χ2n) is 11.7. The van der Waals surface area contributed by atoms with E-state index in [-0.39, 0.29) is 23.3 Å². The number of amides is 1. The number of aryl methyl sites for hydroxylation is 1. The number of halogens is 3. The maximum absolute atomic E-state index is 15.1. The van der Waals surface area contributed by atoms with Crippen molar-refractivity contribution in [2.45, 2.75) is 27.2 Å². The summed E-state index contributed by atoms with van der Waals surface area (Å²) >= 11 is 0. The van der Waals surface area contributed by atoms with Crippen LogP contribution in [-0.2, 0) is 0 Å². The number of rotatable bonds is 10. The fourth-order valence-corrected chi connectivity index (χ4v) is 5.27. The predicted molar refractivity (Wildman–Crippen MR) is 176 cm³/mol. The highest BCUT2D eigenvalue weighted by Crippen LogP contribution is 2.31. The lowest BCUT2D eigenvalue weighted by Gasteiger charge is -2.32. The number of nitrogens with zero attached hydrogens (tertiary/aromatic N) is 5. The van der Waals surface area contributed by atoms with E-state index in [0.29, 0.717) is 18.0 Å². The summed E-state index contributed by atoms with van der Waals surface area (Å²) in [6, 6.07) is 12.6. The first-order valence-corrected chi connectivity index (χ1v) is 15.5. The van der Waals surface area contributed by atoms with Crippen LogP contribution in [0.3, 0.4) is 0 Å². The van der Waals surface area contributed by atoms with E-state index < -0.39 is 23.5 Å². The maximum Gasteiger partial charge on any atom is 0.420 e. The van der Waals surface area contributed by atoms with Crippen molar-refractivity contribution in [2.24, 2.45) is 0 Å². The van der Waals surface area contributed by atoms with Gasteiger partial charge in [0.2, 0.25) is 11.8 Å². The SMILES string of the molecule is Cc1ccc(-c2cc(OC(=O)N(C)c3cc(F)ccc3F)nc(Nc3ccc(OCCCN4CCN(C)CC4)c(F)c3)n2)c(C)c1C. The van der Waals surface area contributed by atoms with Gasteiger partial charge in [-0.3, -0.25) is 4.90 Å². The normalized spacial score (nSPS) is 13.8. The van der Waals surface area contributed by atoms with Crippen molar-refractivity contribution in [3.8, 4) is 22.9 Å². The summed E-state index contributed by atoms with van der Waals surface area (Å²) in [5.74, 6) is -2.05. The Morgan fingerprint density at radius 3 is 2.43 bits per heavy atom. The standard InChI is InChI=1S/C35H39F3N6O3/c1-22-7-10-27(24(3)23(22)2)30-21-33(47-35(45)43(5)31-19-25(36)8-11-28(31)37)41-34(40-30)39-26-9-12-32(29(38)20-26)46-18-6-13-44-16-14-42(4)15-17-44/h7-12,19-21H,6,13-18H2,1-5H3,(H,39,40,41). The Balaban J connectivity index is 1.34. The number of ether oxygens (including phenoxy) is 2. The average Bonchev–Trinajstić information content (AvgIpc) is 3.04. The van der Waals surface area contributed by atoms with E-state index in [0.717, 1.165) is 84.5 Å². The number of carbonyl (C=O) groups is 1. The quantitative estimate of drug-likeness (QED) is 0.187. The highest BCUT2D eigenvalue weighted by molar-refractivity contribution is 5.88. The number of anilines is 3. The average molecular weight is 649 g/mol. The molecule has 9 nitrogen and oxygen atoms in total. The summed E-state index contributed by atoms with van der Waals surface area (Å²) in [7, 11) is 3.37. The van der Waals surface area contributed by atoms with Crippen LogP contribution in [0.5, 0.6) is 11.6 Å². The molecule has 47 heavy (non-hydrogen) atoms. The number of hydrogen-bond acceptors (Lipinski definition) is 8. The Bertz CT molecular complexity index is 1750. The number of hydrogen-bond donors (Lipinski definition) is 1. The zero-order valence-electron chi connectivity index (χ0n) is 27.2. The van der Waals surface area contributed by atoms with Gasteiger partial charge in [-0.2, -0.15) is 4.98 Å². The molecule has 248 valence electrons. The van der Waals surface area contributed by atoms with Gasteiger partial charge in [-0.05, 0) is 75.2 Å². The fraction of sp³-hybridized carbons (Fsp3) is 0.343. The molecule has 0 unspecified atom stereocenters. The van der Waals surface area contributed by atoms with E-state index in [1.807, 2.05) is 32.9 Å². The van der Waals surface area contributed by atoms with Gasteiger partial charge in [0.15, 0.2) is 11.6 Å². The minimum Gasteiger partial charge on any atom is -0.490 e. The van der Waals surface area contributed by atoms with Gasteiger partial charge in [0.25, 0.3) is 0 Å². The minimum absolute atomic E-state index is 0.0303. The van der Waals surface area contributed by atoms with Crippen molar-refractivity contribution in [3.05, 3.63) is 88.7 Å². The van der Waals surface area contributed by atoms with Gasteiger partial charge >= 0.3 is 6.09 Å². The lowest BCUT2D eigenvalue weighted by molar-refractivity contribution is 0.145. The first-order chi connectivity index (χ1) is 22.5. The highest BCUT2D eigenvalue weighted by atomic mass is 19.1. The zero-order valence-corrected chi connectivity index (χ0v) is 27.2. The van der Waals surface area contributed by atoms with Crippen molar-refractivity contribution in [1.29, 1.82) is 0 Å². The first-order valence-electron chi connectivity index (χ1n) is 15.5. The Hall–Kier alpha value is -4.68. The molecule has 1 aromatic heterocycles. The van der Waals surface area contributed by atoms with E-state index in [9.17, 15) is 13.6 Å². The number of carbonyl (C=O) groups excluding carboxylic acids is 1. The monoisotopic (exact) mass is 648 g/mol. The van der Waals surface area contributed by atoms with Gasteiger partial charge < -0.3 is 24.6 Å². The molecule has 2 heterocycles. The van der Waals surface area contributed by atoms with Crippen LogP contribution < -0.4 is 19.7 Å². The van der Waals surface area contributed by atoms with Gasteiger partial charge in [0, 0.05) is 69.2 Å². The second-order valence-corrected chi connectivity index (χ2v) is 11.7. The minimum atomic E-state index is -0.998. The van der Waals surface area contributed by atoms with Crippen LogP contribution in [0.25, 0.3) is 11.3 Å². The molecular formula is C35H39F3N6O3. The van der Waals surface area contributed by atoms with Crippen molar-refractivity contribution in [3.63, 3.8) is 0 Å². The molecule has 1 aliphatic heterocycles. The summed E-state index contributed by atoms with van der Waals surface area (Å²) < 4.78 is 54.5. The Morgan fingerprint density at radius 1 is 0.915 bits per heavy atom. The van der Waals surface area contributed by atoms with Crippen molar-refractivity contribution in [1.82, 2.24) is 19.8 Å². The summed E-state index contributed by atoms with van der Waals surface area (Å²) in [5.41, 5.74) is 4.38. The number of aromatic nitrogens is 2. The Labute approximate surface area is 272 Å². The molecule has 1 amide bonds. The molecule has 0 radical (unpaired) electrons. The largest absolute Gasteiger partial charge is 0.490 e. The van der Waals surface area contributed by atoms with Gasteiger partial charge in [0.1, 0.15) is 11.6 Å². The molecule has 0 atom stereocenters. The molecule has 0 spiro atoms. The molecule has 1 aliphatic rings. The molecule has 0 bridgehead atoms. The van der Waals surface area contributed by atoms with Crippen LogP contribution in [-0.4, -0.2) is 79.3 Å². The number of likely N-dealkylation sites (N-methyl/N-ethyl adjacent to an activating group) is 1. The van der Waals surface area contributed by atoms with Gasteiger partial charge in [-0.25, -0.2) is 22.9 Å². The van der Waals surface area contributed by atoms with Crippen LogP contribution >= 0.6 is 0 Å². The topological polar surface area (TPSA) is 83.1 Å². The molecule has 0 saturated carbocycles. The molecule has 4 aromatic rings. The zero-order chi connectivity index (χ0) is 33.7. The van der Waals surface area contributed by atoms with Crippen LogP contribution in [0.15, 0.2) is 54.6 Å². The summed E-state index contributed by atoms with van der Waals surface area (Å²) in [6.45, 7) is 11.3. The molecule has 0 aliphatic carbocycles. The van der Waals surface area contributed by atoms with E-state index >= 15 is 4.39 Å². The second kappa shape index (κ2) is 14.8. The summed E-state index contributed by atoms with van der Waals surface area (Å²) in [4.78, 5) is 27.5. The smallest absolute Gasteiger partial charge is 0.420 e. The van der Waals surface area contributed by atoms with Crippen LogP contribution in [0.1, 0.15) is 23.1 Å². The van der Waals surface area contributed by atoms with Crippen LogP contribution in [0.4, 0.5) is 35.3 Å². The Morgan fingerprint density at radius 2 is 1.68 bits per heavy atom. The van der Waals surface area contributed by atoms with E-state index in [1.165, 1.54) is 25.2 Å². The van der Waals surface area contributed by atoms with Crippen molar-refractivity contribution < 1.29 is 27.4 Å². The molecular weight excluding hydrogens is 609 g/mol. The van der Waals surface area contributed by atoms with Gasteiger partial charge in [0.05, 0.1) is 18.0 Å². The van der Waals surface area contributed by atoms with Crippen LogP contribution in [0, 0.1) is 38.2 Å². The third kappa shape index (κ3) is 8.38. The van der Waals surface area contributed by atoms with Gasteiger partial charge in [-0.1, -0.05) is 12.1 Å². The molecule has 3 aromatic carbocycles. The molecule has 12 heteroatoms. The molecule has 1 saturated heterocycles. The molecule has 1 N–H and O–H groups in total. The maximum atomic E-state index is 15.1. The Kier molecular flexibility index (Phi) is 10.6. The fourth-order valence-electron chi connectivity index (χ4n) is 5.27. The lowest BCUT2D eigenvalue weighted by atomic mass is 9.97. The van der Waals surface area contributed by atoms with E-state index in [2.05, 4.69) is 32.1 Å². The summed E-state index contributed by atoms with van der Waals surface area (Å²) in [6.07, 6.45) is -0.216. The molecule has 1 fully saturated rings. The number of benzene rings is 3. The van der Waals surface area contributed by atoms with E-state index in [4.69, 9.17) is 9.47 Å². The molecule has 5 rings (SSSR count). The van der Waals surface area contributed by atoms with Crippen molar-refractivity contribution >= 4 is 23.4 Å². The summed E-state index contributed by atoms with van der Waals surface area (Å²) in [5, 5.41) is 2.99.